The highest BCUT2D eigenvalue weighted by Gasteiger charge is 2.30. The summed E-state index contributed by atoms with van der Waals surface area (Å²) in [6.07, 6.45) is 49.6. The first-order valence-corrected chi connectivity index (χ1v) is 39.7. The molecule has 0 aromatic rings. The van der Waals surface area contributed by atoms with Crippen LogP contribution in [0.5, 0.6) is 0 Å². The monoisotopic (exact) mass is 1330 g/mol. The van der Waals surface area contributed by atoms with E-state index < -0.39 is 97.5 Å². The Morgan fingerprint density at radius 3 is 0.978 bits per heavy atom. The SMILES string of the molecule is CCCCCC/C=C\C=C/CCCCCCCC(=O)O[C@H](COC(=O)CCCCCCCCC(C)C)COP(=O)(O)OC[C@@H](O)COP(=O)(O)OC[C@@H](COC(=O)CCCCCCCCC(C)CC)OC(=O)CCCCCCCCCCCCCCCCC(C)C. The van der Waals surface area contributed by atoms with Crippen molar-refractivity contribution in [1.82, 2.24) is 0 Å². The van der Waals surface area contributed by atoms with Gasteiger partial charge in [0.2, 0.25) is 0 Å². The number of carbonyl (C=O) groups is 4. The van der Waals surface area contributed by atoms with E-state index in [1.807, 2.05) is 0 Å². The summed E-state index contributed by atoms with van der Waals surface area (Å²) in [5.74, 6) is 0.0409. The average Bonchev–Trinajstić information content (AvgIpc) is 3.65. The summed E-state index contributed by atoms with van der Waals surface area (Å²) < 4.78 is 68.3. The van der Waals surface area contributed by atoms with Gasteiger partial charge in [-0.3, -0.25) is 37.3 Å². The Hall–Kier alpha value is -2.46. The Labute approximate surface area is 554 Å². The highest BCUT2D eigenvalue weighted by Crippen LogP contribution is 2.45. The number of unbranched alkanes of at least 4 members (excludes halogenated alkanes) is 32. The second kappa shape index (κ2) is 62.4. The average molecular weight is 1340 g/mol. The highest BCUT2D eigenvalue weighted by atomic mass is 31.2. The summed E-state index contributed by atoms with van der Waals surface area (Å²) in [7, 11) is -9.92. The molecular weight excluding hydrogens is 1200 g/mol. The molecule has 0 rings (SSSR count). The van der Waals surface area contributed by atoms with Crippen molar-refractivity contribution in [3.8, 4) is 0 Å². The van der Waals surface area contributed by atoms with Crippen LogP contribution >= 0.6 is 15.6 Å². The predicted octanol–water partition coefficient (Wildman–Crippen LogP) is 20.2. The van der Waals surface area contributed by atoms with Crippen LogP contribution in [0.3, 0.4) is 0 Å². The van der Waals surface area contributed by atoms with Gasteiger partial charge in [0.1, 0.15) is 19.3 Å². The van der Waals surface area contributed by atoms with Gasteiger partial charge in [-0.2, -0.15) is 0 Å². The number of phosphoric ester groups is 2. The minimum atomic E-state index is -4.96. The zero-order valence-electron chi connectivity index (χ0n) is 58.8. The minimum Gasteiger partial charge on any atom is -0.462 e. The summed E-state index contributed by atoms with van der Waals surface area (Å²) in [5, 5.41) is 10.6. The van der Waals surface area contributed by atoms with E-state index in [2.05, 4.69) is 72.8 Å². The summed E-state index contributed by atoms with van der Waals surface area (Å²) in [4.78, 5) is 72.5. The fourth-order valence-electron chi connectivity index (χ4n) is 10.3. The molecule has 0 saturated carbocycles. The molecule has 0 saturated heterocycles. The largest absolute Gasteiger partial charge is 0.472 e. The van der Waals surface area contributed by atoms with E-state index in [4.69, 9.17) is 37.0 Å². The van der Waals surface area contributed by atoms with Gasteiger partial charge in [-0.25, -0.2) is 9.13 Å². The molecule has 17 nitrogen and oxygen atoms in total. The summed E-state index contributed by atoms with van der Waals surface area (Å²) in [6.45, 7) is 11.7. The van der Waals surface area contributed by atoms with Crippen molar-refractivity contribution in [1.29, 1.82) is 0 Å². The molecule has 3 unspecified atom stereocenters. The van der Waals surface area contributed by atoms with Crippen molar-refractivity contribution in [3.63, 3.8) is 0 Å². The maximum Gasteiger partial charge on any atom is 0.472 e. The van der Waals surface area contributed by atoms with Crippen LogP contribution in [-0.2, 0) is 65.4 Å². The molecule has 0 radical (unpaired) electrons. The number of carbonyl (C=O) groups excluding carboxylic acids is 4. The lowest BCUT2D eigenvalue weighted by Crippen LogP contribution is -2.30. The Morgan fingerprint density at radius 1 is 0.363 bits per heavy atom. The quantitative estimate of drug-likeness (QED) is 0.0169. The van der Waals surface area contributed by atoms with E-state index in [9.17, 15) is 43.2 Å². The Balaban J connectivity index is 5.25. The fourth-order valence-corrected chi connectivity index (χ4v) is 11.9. The van der Waals surface area contributed by atoms with Crippen LogP contribution in [0.2, 0.25) is 0 Å². The Kier molecular flexibility index (Phi) is 60.7. The molecule has 0 aromatic heterocycles. The first-order chi connectivity index (χ1) is 43.8. The number of rotatable bonds is 68. The van der Waals surface area contributed by atoms with Crippen molar-refractivity contribution >= 4 is 39.5 Å². The maximum absolute atomic E-state index is 13.0. The highest BCUT2D eigenvalue weighted by molar-refractivity contribution is 7.47. The lowest BCUT2D eigenvalue weighted by atomic mass is 10.00. The predicted molar refractivity (Wildman–Crippen MR) is 367 cm³/mol. The van der Waals surface area contributed by atoms with E-state index in [0.717, 1.165) is 127 Å². The Bertz CT molecular complexity index is 1880. The molecule has 19 heteroatoms. The van der Waals surface area contributed by atoms with Crippen molar-refractivity contribution < 1.29 is 80.2 Å². The fraction of sp³-hybridized carbons (Fsp3) is 0.889. The van der Waals surface area contributed by atoms with E-state index in [1.54, 1.807) is 0 Å². The molecule has 0 spiro atoms. The second-order valence-electron chi connectivity index (χ2n) is 26.5. The number of aliphatic hydroxyl groups excluding tert-OH is 1. The summed E-state index contributed by atoms with van der Waals surface area (Å²) in [5.41, 5.74) is 0. The lowest BCUT2D eigenvalue weighted by molar-refractivity contribution is -0.161. The molecule has 3 N–H and O–H groups in total. The molecule has 0 aliphatic heterocycles. The first kappa shape index (κ1) is 88.5. The van der Waals surface area contributed by atoms with Gasteiger partial charge in [0.25, 0.3) is 0 Å². The summed E-state index contributed by atoms with van der Waals surface area (Å²) in [6, 6.07) is 0. The zero-order chi connectivity index (χ0) is 67.3. The van der Waals surface area contributed by atoms with Crippen molar-refractivity contribution in [2.45, 2.75) is 356 Å². The smallest absolute Gasteiger partial charge is 0.462 e. The number of aliphatic hydroxyl groups is 1. The molecule has 0 fully saturated rings. The van der Waals surface area contributed by atoms with Gasteiger partial charge in [0.15, 0.2) is 12.2 Å². The zero-order valence-corrected chi connectivity index (χ0v) is 60.6. The van der Waals surface area contributed by atoms with Crippen molar-refractivity contribution in [3.05, 3.63) is 24.3 Å². The second-order valence-corrected chi connectivity index (χ2v) is 29.4. The van der Waals surface area contributed by atoms with Crippen LogP contribution < -0.4 is 0 Å². The number of hydrogen-bond acceptors (Lipinski definition) is 15. The van der Waals surface area contributed by atoms with Gasteiger partial charge < -0.3 is 33.8 Å². The standard InChI is InChI=1S/C72H136O17P2/c1-8-10-11-12-13-14-15-16-17-21-24-27-30-41-48-55-71(76)88-67(59-82-69(74)53-46-39-34-32-37-44-51-64(5)6)61-86-90(78,79)84-57-66(73)58-85-91(80,81)87-62-68(60-83-70(75)54-47-40-35-33-38-45-52-65(7)9-2)89-72(77)56-49-42-31-28-25-22-19-18-20-23-26-29-36-43-50-63(3)4/h14-17,63-68,73H,8-13,18-62H2,1-7H3,(H,78,79)(H,80,81)/b15-14-,17-16-/t65?,66-,67-,68-/m1/s1. The molecule has 0 aliphatic rings. The number of phosphoric acid groups is 2. The third-order valence-electron chi connectivity index (χ3n) is 16.4. The van der Waals surface area contributed by atoms with Crippen LogP contribution in [0.25, 0.3) is 0 Å². The van der Waals surface area contributed by atoms with Gasteiger partial charge in [0, 0.05) is 25.7 Å². The van der Waals surface area contributed by atoms with Gasteiger partial charge >= 0.3 is 39.5 Å². The van der Waals surface area contributed by atoms with Gasteiger partial charge in [-0.15, -0.1) is 0 Å². The molecule has 91 heavy (non-hydrogen) atoms. The number of esters is 4. The molecule has 536 valence electrons. The molecule has 0 aliphatic carbocycles. The van der Waals surface area contributed by atoms with E-state index in [-0.39, 0.29) is 25.7 Å². The molecule has 0 amide bonds. The minimum absolute atomic E-state index is 0.0835. The van der Waals surface area contributed by atoms with E-state index >= 15 is 0 Å². The number of hydrogen-bond donors (Lipinski definition) is 3. The van der Waals surface area contributed by atoms with Crippen LogP contribution in [-0.4, -0.2) is 96.7 Å². The van der Waals surface area contributed by atoms with Crippen molar-refractivity contribution in [2.24, 2.45) is 17.8 Å². The van der Waals surface area contributed by atoms with Gasteiger partial charge in [0.05, 0.1) is 26.4 Å². The molecule has 0 bridgehead atoms. The third-order valence-corrected chi connectivity index (χ3v) is 18.3. The van der Waals surface area contributed by atoms with Crippen LogP contribution in [0, 0.1) is 17.8 Å². The van der Waals surface area contributed by atoms with E-state index in [1.165, 1.54) is 122 Å². The maximum atomic E-state index is 13.0. The van der Waals surface area contributed by atoms with Crippen LogP contribution in [0.4, 0.5) is 0 Å². The third kappa shape index (κ3) is 64.6. The number of allylic oxidation sites excluding steroid dienone is 4. The summed E-state index contributed by atoms with van der Waals surface area (Å²) >= 11 is 0. The molecule has 0 heterocycles. The molecule has 6 atom stereocenters. The van der Waals surface area contributed by atoms with Crippen molar-refractivity contribution in [2.75, 3.05) is 39.6 Å². The van der Waals surface area contributed by atoms with E-state index in [0.29, 0.717) is 31.6 Å². The molecule has 0 aromatic carbocycles. The lowest BCUT2D eigenvalue weighted by Gasteiger charge is -2.21. The number of ether oxygens (including phenoxy) is 4. The normalized spacial score (nSPS) is 14.6. The first-order valence-electron chi connectivity index (χ1n) is 36.7. The Morgan fingerprint density at radius 2 is 0.648 bits per heavy atom. The molecular formula is C72H136O17P2. The van der Waals surface area contributed by atoms with Crippen LogP contribution in [0.15, 0.2) is 24.3 Å². The van der Waals surface area contributed by atoms with Gasteiger partial charge in [-0.1, -0.05) is 285 Å². The van der Waals surface area contributed by atoms with Crippen LogP contribution in [0.1, 0.15) is 337 Å². The van der Waals surface area contributed by atoms with Gasteiger partial charge in [-0.05, 0) is 69.1 Å². The topological polar surface area (TPSA) is 237 Å².